The summed E-state index contributed by atoms with van der Waals surface area (Å²) in [4.78, 5) is 2.36. The van der Waals surface area contributed by atoms with Crippen molar-refractivity contribution in [1.82, 2.24) is 0 Å². The zero-order valence-corrected chi connectivity index (χ0v) is 34.1. The molecule has 0 N–H and O–H groups in total. The molecular weight excluding hydrogens is 767 g/mol. The highest BCUT2D eigenvalue weighted by molar-refractivity contribution is 6.31. The molecular formula is C60H37NO2. The third-order valence-electron chi connectivity index (χ3n) is 12.8. The predicted octanol–water partition coefficient (Wildman–Crippen LogP) is 17.4. The van der Waals surface area contributed by atoms with Crippen molar-refractivity contribution in [2.24, 2.45) is 0 Å². The van der Waals surface area contributed by atoms with Crippen LogP contribution in [0.3, 0.4) is 0 Å². The standard InChI is InChI=1S/C60H37NO2/c1-3-16-48-38(10-1)12-8-19-50(48)40-22-29-45(30-23-40)61(46-31-24-41(25-32-46)51-20-9-13-39-11-2-4-17-49(39)51)47-15-7-14-43(36-47)44-26-33-53-57(37-44)63-56-35-28-42-27-34-55-59(58(42)60(53)56)52-18-5-6-21-54(52)62-55/h1-37H. The van der Waals surface area contributed by atoms with E-state index in [2.05, 4.69) is 217 Å². The number of anilines is 3. The Balaban J connectivity index is 0.930. The summed E-state index contributed by atoms with van der Waals surface area (Å²) in [5, 5.41) is 11.8. The SMILES string of the molecule is c1cc(-c2ccc3c(c2)oc2ccc4ccc5oc6ccccc6c5c4c23)cc(N(c2ccc(-c3cccc4ccccc34)cc2)c2ccc(-c3cccc4ccccc34)cc2)c1. The van der Waals surface area contributed by atoms with Gasteiger partial charge >= 0.3 is 0 Å². The van der Waals surface area contributed by atoms with E-state index in [1.807, 2.05) is 12.1 Å². The molecule has 11 aromatic carbocycles. The zero-order valence-electron chi connectivity index (χ0n) is 34.1. The lowest BCUT2D eigenvalue weighted by molar-refractivity contribution is 0.669. The molecule has 0 spiro atoms. The summed E-state index contributed by atoms with van der Waals surface area (Å²) in [6.45, 7) is 0. The van der Waals surface area contributed by atoms with Crippen molar-refractivity contribution < 1.29 is 8.83 Å². The maximum absolute atomic E-state index is 6.68. The smallest absolute Gasteiger partial charge is 0.136 e. The minimum absolute atomic E-state index is 0.857. The molecule has 294 valence electrons. The molecule has 63 heavy (non-hydrogen) atoms. The maximum Gasteiger partial charge on any atom is 0.136 e. The van der Waals surface area contributed by atoms with E-state index in [4.69, 9.17) is 8.83 Å². The van der Waals surface area contributed by atoms with Crippen LogP contribution in [-0.4, -0.2) is 0 Å². The fourth-order valence-corrected chi connectivity index (χ4v) is 9.88. The number of hydrogen-bond acceptors (Lipinski definition) is 3. The van der Waals surface area contributed by atoms with Crippen LogP contribution >= 0.6 is 0 Å². The minimum atomic E-state index is 0.857. The first-order valence-corrected chi connectivity index (χ1v) is 21.5. The van der Waals surface area contributed by atoms with E-state index >= 15 is 0 Å². The molecule has 13 aromatic rings. The van der Waals surface area contributed by atoms with Crippen LogP contribution in [-0.2, 0) is 0 Å². The lowest BCUT2D eigenvalue weighted by atomic mass is 9.97. The van der Waals surface area contributed by atoms with Gasteiger partial charge in [0.05, 0.1) is 0 Å². The molecule has 0 bridgehead atoms. The maximum atomic E-state index is 6.68. The molecule has 2 aromatic heterocycles. The summed E-state index contributed by atoms with van der Waals surface area (Å²) >= 11 is 0. The average molecular weight is 804 g/mol. The number of furan rings is 2. The molecule has 0 saturated heterocycles. The van der Waals surface area contributed by atoms with Gasteiger partial charge in [0.25, 0.3) is 0 Å². The molecule has 0 fully saturated rings. The Morgan fingerprint density at radius 1 is 0.254 bits per heavy atom. The second kappa shape index (κ2) is 14.1. The fraction of sp³-hybridized carbons (Fsp3) is 0. The lowest BCUT2D eigenvalue weighted by Gasteiger charge is -2.26. The van der Waals surface area contributed by atoms with Crippen molar-refractivity contribution >= 4 is 93.3 Å². The molecule has 2 heterocycles. The molecule has 0 unspecified atom stereocenters. The Bertz CT molecular complexity index is 3780. The molecule has 0 aliphatic carbocycles. The highest BCUT2D eigenvalue weighted by Crippen LogP contribution is 2.44. The van der Waals surface area contributed by atoms with Gasteiger partial charge < -0.3 is 13.7 Å². The Labute approximate surface area is 363 Å². The van der Waals surface area contributed by atoms with Crippen LogP contribution in [0.25, 0.3) is 110 Å². The molecule has 0 atom stereocenters. The molecule has 13 rings (SSSR count). The zero-order chi connectivity index (χ0) is 41.4. The monoisotopic (exact) mass is 803 g/mol. The summed E-state index contributed by atoms with van der Waals surface area (Å²) in [5.41, 5.74) is 13.7. The van der Waals surface area contributed by atoms with Crippen LogP contribution in [0.2, 0.25) is 0 Å². The Hall–Kier alpha value is -8.40. The normalized spacial score (nSPS) is 11.8. The number of hydrogen-bond donors (Lipinski definition) is 0. The molecule has 3 heteroatoms. The van der Waals surface area contributed by atoms with Crippen molar-refractivity contribution in [3.63, 3.8) is 0 Å². The third-order valence-corrected chi connectivity index (χ3v) is 12.8. The van der Waals surface area contributed by atoms with Crippen LogP contribution < -0.4 is 4.90 Å². The average Bonchev–Trinajstić information content (AvgIpc) is 3.93. The van der Waals surface area contributed by atoms with Gasteiger partial charge in [0, 0.05) is 44.0 Å². The highest BCUT2D eigenvalue weighted by atomic mass is 16.3. The molecule has 0 aliphatic heterocycles. The van der Waals surface area contributed by atoms with Crippen LogP contribution in [0.5, 0.6) is 0 Å². The van der Waals surface area contributed by atoms with E-state index in [0.29, 0.717) is 0 Å². The Kier molecular flexibility index (Phi) is 7.91. The summed E-state index contributed by atoms with van der Waals surface area (Å²) < 4.78 is 13.0. The number of para-hydroxylation sites is 1. The first-order valence-electron chi connectivity index (χ1n) is 21.5. The van der Waals surface area contributed by atoms with Gasteiger partial charge in [0.1, 0.15) is 22.3 Å². The van der Waals surface area contributed by atoms with Crippen LogP contribution in [0.1, 0.15) is 0 Å². The highest BCUT2D eigenvalue weighted by Gasteiger charge is 2.19. The molecule has 0 aliphatic rings. The third kappa shape index (κ3) is 5.75. The summed E-state index contributed by atoms with van der Waals surface area (Å²) in [7, 11) is 0. The quantitative estimate of drug-likeness (QED) is 0.168. The van der Waals surface area contributed by atoms with Gasteiger partial charge in [-0.05, 0) is 127 Å². The lowest BCUT2D eigenvalue weighted by Crippen LogP contribution is -2.10. The summed E-state index contributed by atoms with van der Waals surface area (Å²) in [5.74, 6) is 0. The molecule has 0 radical (unpaired) electrons. The fourth-order valence-electron chi connectivity index (χ4n) is 9.88. The van der Waals surface area contributed by atoms with E-state index in [9.17, 15) is 0 Å². The molecule has 0 saturated carbocycles. The second-order valence-electron chi connectivity index (χ2n) is 16.4. The van der Waals surface area contributed by atoms with E-state index in [-0.39, 0.29) is 0 Å². The summed E-state index contributed by atoms with van der Waals surface area (Å²) in [6.07, 6.45) is 0. The second-order valence-corrected chi connectivity index (χ2v) is 16.4. The number of rotatable bonds is 6. The molecule has 0 amide bonds. The number of benzene rings is 11. The van der Waals surface area contributed by atoms with Crippen molar-refractivity contribution in [1.29, 1.82) is 0 Å². The summed E-state index contributed by atoms with van der Waals surface area (Å²) in [6, 6.07) is 80.5. The van der Waals surface area contributed by atoms with Gasteiger partial charge in [-0.25, -0.2) is 0 Å². The minimum Gasteiger partial charge on any atom is -0.456 e. The van der Waals surface area contributed by atoms with Gasteiger partial charge in [0.2, 0.25) is 0 Å². The molecule has 3 nitrogen and oxygen atoms in total. The van der Waals surface area contributed by atoms with Gasteiger partial charge in [-0.15, -0.1) is 0 Å². The van der Waals surface area contributed by atoms with E-state index in [1.54, 1.807) is 0 Å². The largest absolute Gasteiger partial charge is 0.456 e. The first-order chi connectivity index (χ1) is 31.2. The Morgan fingerprint density at radius 2 is 0.746 bits per heavy atom. The van der Waals surface area contributed by atoms with Crippen LogP contribution in [0.15, 0.2) is 233 Å². The van der Waals surface area contributed by atoms with Crippen LogP contribution in [0.4, 0.5) is 17.1 Å². The van der Waals surface area contributed by atoms with Gasteiger partial charge in [-0.1, -0.05) is 158 Å². The number of fused-ring (bicyclic) bond motifs is 11. The van der Waals surface area contributed by atoms with E-state index in [0.717, 1.165) is 82.8 Å². The van der Waals surface area contributed by atoms with Crippen molar-refractivity contribution in [2.75, 3.05) is 4.90 Å². The van der Waals surface area contributed by atoms with Crippen molar-refractivity contribution in [2.45, 2.75) is 0 Å². The van der Waals surface area contributed by atoms with E-state index < -0.39 is 0 Å². The van der Waals surface area contributed by atoms with E-state index in [1.165, 1.54) is 43.8 Å². The van der Waals surface area contributed by atoms with Crippen LogP contribution in [0, 0.1) is 0 Å². The van der Waals surface area contributed by atoms with Gasteiger partial charge in [0.15, 0.2) is 0 Å². The first kappa shape index (κ1) is 35.4. The topological polar surface area (TPSA) is 29.5 Å². The van der Waals surface area contributed by atoms with Crippen molar-refractivity contribution in [3.05, 3.63) is 224 Å². The Morgan fingerprint density at radius 3 is 1.38 bits per heavy atom. The predicted molar refractivity (Wildman–Crippen MR) is 265 cm³/mol. The van der Waals surface area contributed by atoms with Crippen molar-refractivity contribution in [3.8, 4) is 33.4 Å². The van der Waals surface area contributed by atoms with Gasteiger partial charge in [-0.3, -0.25) is 0 Å². The number of nitrogens with zero attached hydrogens (tertiary/aromatic N) is 1. The van der Waals surface area contributed by atoms with Gasteiger partial charge in [-0.2, -0.15) is 0 Å².